The number of nitrogens with zero attached hydrogens (tertiary/aromatic N) is 2. The summed E-state index contributed by atoms with van der Waals surface area (Å²) in [7, 11) is 0. The first-order valence-corrected chi connectivity index (χ1v) is 9.34. The standard InChI is InChI=1S/C14H17BrIN3S/c1-4-6-17-13-10(16)11(8(2)3)18-14(19-13)12-9(15)5-7-20-12/h5,7-8H,4,6H2,1-3H3,(H,17,18,19). The van der Waals surface area contributed by atoms with Gasteiger partial charge in [-0.05, 0) is 62.3 Å². The molecule has 0 spiro atoms. The van der Waals surface area contributed by atoms with Crippen molar-refractivity contribution >= 4 is 55.7 Å². The molecule has 0 saturated heterocycles. The second kappa shape index (κ2) is 7.17. The van der Waals surface area contributed by atoms with Crippen molar-refractivity contribution in [3.63, 3.8) is 0 Å². The fourth-order valence-electron chi connectivity index (χ4n) is 1.76. The van der Waals surface area contributed by atoms with Gasteiger partial charge in [-0.25, -0.2) is 9.97 Å². The highest BCUT2D eigenvalue weighted by Crippen LogP contribution is 2.34. The first kappa shape index (κ1) is 16.2. The molecule has 2 aromatic rings. The number of halogens is 2. The molecule has 0 aliphatic carbocycles. The molecule has 2 rings (SSSR count). The zero-order valence-electron chi connectivity index (χ0n) is 11.7. The molecule has 108 valence electrons. The Kier molecular flexibility index (Phi) is 5.80. The van der Waals surface area contributed by atoms with E-state index in [9.17, 15) is 0 Å². The van der Waals surface area contributed by atoms with E-state index in [1.54, 1.807) is 11.3 Å². The lowest BCUT2D eigenvalue weighted by Crippen LogP contribution is -2.09. The van der Waals surface area contributed by atoms with Gasteiger partial charge in [-0.1, -0.05) is 20.8 Å². The van der Waals surface area contributed by atoms with E-state index in [2.05, 4.69) is 70.0 Å². The van der Waals surface area contributed by atoms with Crippen molar-refractivity contribution in [1.29, 1.82) is 0 Å². The van der Waals surface area contributed by atoms with Crippen LogP contribution in [0.1, 0.15) is 38.8 Å². The highest BCUT2D eigenvalue weighted by atomic mass is 127. The number of anilines is 1. The molecular formula is C14H17BrIN3S. The Hall–Kier alpha value is -0.210. The van der Waals surface area contributed by atoms with Gasteiger partial charge in [0.25, 0.3) is 0 Å². The second-order valence-electron chi connectivity index (χ2n) is 4.77. The SMILES string of the molecule is CCCNc1nc(-c2sccc2Br)nc(C(C)C)c1I. The molecule has 0 saturated carbocycles. The molecule has 0 unspecified atom stereocenters. The topological polar surface area (TPSA) is 37.8 Å². The predicted molar refractivity (Wildman–Crippen MR) is 98.6 cm³/mol. The van der Waals surface area contributed by atoms with Gasteiger partial charge in [0.15, 0.2) is 5.82 Å². The van der Waals surface area contributed by atoms with Crippen LogP contribution in [0, 0.1) is 3.57 Å². The van der Waals surface area contributed by atoms with E-state index in [4.69, 9.17) is 9.97 Å². The molecule has 0 aliphatic rings. The number of hydrogen-bond acceptors (Lipinski definition) is 4. The van der Waals surface area contributed by atoms with E-state index in [-0.39, 0.29) is 0 Å². The van der Waals surface area contributed by atoms with E-state index in [0.717, 1.165) is 43.2 Å². The molecule has 0 fully saturated rings. The fourth-order valence-corrected chi connectivity index (χ4v) is 4.30. The van der Waals surface area contributed by atoms with Crippen molar-refractivity contribution in [2.45, 2.75) is 33.1 Å². The molecule has 0 atom stereocenters. The lowest BCUT2D eigenvalue weighted by Gasteiger charge is -2.14. The largest absolute Gasteiger partial charge is 0.369 e. The van der Waals surface area contributed by atoms with Crippen molar-refractivity contribution in [2.24, 2.45) is 0 Å². The van der Waals surface area contributed by atoms with Crippen LogP contribution in [0.3, 0.4) is 0 Å². The molecule has 0 amide bonds. The summed E-state index contributed by atoms with van der Waals surface area (Å²) in [5, 5.41) is 5.46. The average molecular weight is 466 g/mol. The zero-order valence-corrected chi connectivity index (χ0v) is 16.3. The highest BCUT2D eigenvalue weighted by molar-refractivity contribution is 14.1. The fraction of sp³-hybridized carbons (Fsp3) is 0.429. The van der Waals surface area contributed by atoms with Crippen LogP contribution in [0.4, 0.5) is 5.82 Å². The smallest absolute Gasteiger partial charge is 0.173 e. The lowest BCUT2D eigenvalue weighted by molar-refractivity contribution is 0.807. The molecule has 0 aliphatic heterocycles. The molecule has 0 aromatic carbocycles. The van der Waals surface area contributed by atoms with Crippen LogP contribution in [0.5, 0.6) is 0 Å². The van der Waals surface area contributed by atoms with Gasteiger partial charge in [-0.3, -0.25) is 0 Å². The first-order chi connectivity index (χ1) is 9.54. The molecule has 6 heteroatoms. The van der Waals surface area contributed by atoms with Crippen molar-refractivity contribution < 1.29 is 0 Å². The predicted octanol–water partition coefficient (Wildman–Crippen LogP) is 5.52. The van der Waals surface area contributed by atoms with Gasteiger partial charge in [0.2, 0.25) is 0 Å². The van der Waals surface area contributed by atoms with Crippen LogP contribution in [-0.4, -0.2) is 16.5 Å². The number of hydrogen-bond donors (Lipinski definition) is 1. The van der Waals surface area contributed by atoms with E-state index in [1.165, 1.54) is 0 Å². The summed E-state index contributed by atoms with van der Waals surface area (Å²) in [5.41, 5.74) is 1.11. The van der Waals surface area contributed by atoms with Crippen LogP contribution in [-0.2, 0) is 0 Å². The van der Waals surface area contributed by atoms with Gasteiger partial charge in [0.1, 0.15) is 5.82 Å². The second-order valence-corrected chi connectivity index (χ2v) is 7.62. The summed E-state index contributed by atoms with van der Waals surface area (Å²) in [4.78, 5) is 10.6. The summed E-state index contributed by atoms with van der Waals surface area (Å²) in [5.74, 6) is 2.13. The summed E-state index contributed by atoms with van der Waals surface area (Å²) in [6, 6.07) is 2.04. The number of thiophene rings is 1. The van der Waals surface area contributed by atoms with Gasteiger partial charge in [-0.15, -0.1) is 11.3 Å². The third-order valence-corrected chi connectivity index (χ3v) is 5.68. The zero-order chi connectivity index (χ0) is 14.7. The van der Waals surface area contributed by atoms with Crippen LogP contribution in [0.2, 0.25) is 0 Å². The molecule has 1 N–H and O–H groups in total. The third kappa shape index (κ3) is 3.51. The Bertz CT molecular complexity index is 598. The molecule has 2 aromatic heterocycles. The van der Waals surface area contributed by atoms with Crippen LogP contribution in [0.25, 0.3) is 10.7 Å². The number of rotatable bonds is 5. The van der Waals surface area contributed by atoms with Crippen molar-refractivity contribution in [1.82, 2.24) is 9.97 Å². The minimum absolute atomic E-state index is 0.379. The Morgan fingerprint density at radius 2 is 2.15 bits per heavy atom. The van der Waals surface area contributed by atoms with Gasteiger partial charge in [-0.2, -0.15) is 0 Å². The van der Waals surface area contributed by atoms with Crippen molar-refractivity contribution in [2.75, 3.05) is 11.9 Å². The van der Waals surface area contributed by atoms with Gasteiger partial charge in [0.05, 0.1) is 14.1 Å². The molecule has 2 heterocycles. The van der Waals surface area contributed by atoms with E-state index in [0.29, 0.717) is 5.92 Å². The van der Waals surface area contributed by atoms with Crippen molar-refractivity contribution in [3.05, 3.63) is 25.2 Å². The maximum absolute atomic E-state index is 4.77. The Morgan fingerprint density at radius 1 is 1.40 bits per heavy atom. The quantitative estimate of drug-likeness (QED) is 0.591. The van der Waals surface area contributed by atoms with Gasteiger partial charge >= 0.3 is 0 Å². The first-order valence-electron chi connectivity index (χ1n) is 6.59. The normalized spacial score (nSPS) is 11.1. The molecule has 3 nitrogen and oxygen atoms in total. The summed E-state index contributed by atoms with van der Waals surface area (Å²) >= 11 is 7.57. The van der Waals surface area contributed by atoms with Crippen molar-refractivity contribution in [3.8, 4) is 10.7 Å². The van der Waals surface area contributed by atoms with Gasteiger partial charge in [0, 0.05) is 11.0 Å². The number of nitrogens with one attached hydrogen (secondary N) is 1. The minimum Gasteiger partial charge on any atom is -0.369 e. The molecular weight excluding hydrogens is 449 g/mol. The van der Waals surface area contributed by atoms with Crippen LogP contribution in [0.15, 0.2) is 15.9 Å². The van der Waals surface area contributed by atoms with E-state index in [1.807, 2.05) is 6.07 Å². The molecule has 20 heavy (non-hydrogen) atoms. The third-order valence-electron chi connectivity index (χ3n) is 2.79. The Morgan fingerprint density at radius 3 is 2.70 bits per heavy atom. The van der Waals surface area contributed by atoms with Crippen LogP contribution < -0.4 is 5.32 Å². The molecule has 0 bridgehead atoms. The Labute approximate surface area is 145 Å². The minimum atomic E-state index is 0.379. The van der Waals surface area contributed by atoms with Gasteiger partial charge < -0.3 is 5.32 Å². The summed E-state index contributed by atoms with van der Waals surface area (Å²) in [6.07, 6.45) is 1.08. The Balaban J connectivity index is 2.53. The van der Waals surface area contributed by atoms with Crippen LogP contribution >= 0.6 is 49.9 Å². The summed E-state index contributed by atoms with van der Waals surface area (Å²) in [6.45, 7) is 7.42. The summed E-state index contributed by atoms with van der Waals surface area (Å²) < 4.78 is 2.18. The highest BCUT2D eigenvalue weighted by Gasteiger charge is 2.17. The van der Waals surface area contributed by atoms with E-state index >= 15 is 0 Å². The average Bonchev–Trinajstić information content (AvgIpc) is 2.83. The maximum atomic E-state index is 4.77. The number of aromatic nitrogens is 2. The maximum Gasteiger partial charge on any atom is 0.173 e. The molecule has 0 radical (unpaired) electrons. The monoisotopic (exact) mass is 465 g/mol. The van der Waals surface area contributed by atoms with E-state index < -0.39 is 0 Å². The lowest BCUT2D eigenvalue weighted by atomic mass is 10.1.